The summed E-state index contributed by atoms with van der Waals surface area (Å²) in [5, 5.41) is 7.92. The Kier molecular flexibility index (Phi) is 8.83. The van der Waals surface area contributed by atoms with E-state index in [-0.39, 0.29) is 22.2 Å². The van der Waals surface area contributed by atoms with E-state index in [4.69, 9.17) is 16.3 Å². The Balaban J connectivity index is 2.23. The van der Waals surface area contributed by atoms with E-state index in [1.165, 1.54) is 38.5 Å². The van der Waals surface area contributed by atoms with Gasteiger partial charge in [-0.25, -0.2) is 9.18 Å². The number of ether oxygens (including phenoxy) is 2. The molecule has 3 N–H and O–H groups in total. The van der Waals surface area contributed by atoms with Gasteiger partial charge >= 0.3 is 6.09 Å². The molecule has 1 unspecified atom stereocenters. The number of methoxy groups -OCH3 is 2. The van der Waals surface area contributed by atoms with Crippen molar-refractivity contribution in [1.29, 1.82) is 0 Å². The number of halogens is 2. The van der Waals surface area contributed by atoms with E-state index in [1.807, 2.05) is 13.8 Å². The summed E-state index contributed by atoms with van der Waals surface area (Å²) >= 11 is 5.73. The lowest BCUT2D eigenvalue weighted by Crippen LogP contribution is -2.44. The predicted molar refractivity (Wildman–Crippen MR) is 120 cm³/mol. The fourth-order valence-corrected chi connectivity index (χ4v) is 3.04. The quantitative estimate of drug-likeness (QED) is 0.534. The minimum absolute atomic E-state index is 0.128. The molecule has 0 saturated heterocycles. The van der Waals surface area contributed by atoms with Gasteiger partial charge in [0, 0.05) is 10.7 Å². The van der Waals surface area contributed by atoms with Gasteiger partial charge in [-0.1, -0.05) is 25.4 Å². The second kappa shape index (κ2) is 11.3. The van der Waals surface area contributed by atoms with Crippen molar-refractivity contribution in [2.24, 2.45) is 5.92 Å². The van der Waals surface area contributed by atoms with Crippen LogP contribution in [0.4, 0.5) is 20.6 Å². The summed E-state index contributed by atoms with van der Waals surface area (Å²) in [4.78, 5) is 36.8. The molecule has 0 saturated carbocycles. The Hall–Kier alpha value is -3.33. The lowest BCUT2D eigenvalue weighted by molar-refractivity contribution is -0.118. The minimum atomic E-state index is -0.828. The van der Waals surface area contributed by atoms with Gasteiger partial charge in [0.1, 0.15) is 17.6 Å². The molecule has 0 bridgehead atoms. The van der Waals surface area contributed by atoms with E-state index in [0.717, 1.165) is 6.07 Å². The molecule has 0 radical (unpaired) electrons. The fourth-order valence-electron chi connectivity index (χ4n) is 2.88. The molecule has 1 atom stereocenters. The smallest absolute Gasteiger partial charge is 0.407 e. The summed E-state index contributed by atoms with van der Waals surface area (Å²) < 4.78 is 23.9. The monoisotopic (exact) mass is 465 g/mol. The van der Waals surface area contributed by atoms with Crippen LogP contribution in [-0.4, -0.2) is 38.2 Å². The second-order valence-corrected chi connectivity index (χ2v) is 7.74. The SMILES string of the molecule is COC(=O)NC(CC(C)C)C(=O)Nc1ccc(OC)c(NC(=O)c2ccc(Cl)cc2F)c1. The topological polar surface area (TPSA) is 106 Å². The zero-order valence-corrected chi connectivity index (χ0v) is 18.9. The first kappa shape index (κ1) is 24.9. The lowest BCUT2D eigenvalue weighted by atomic mass is 10.0. The van der Waals surface area contributed by atoms with Crippen molar-refractivity contribution in [3.05, 3.63) is 52.8 Å². The van der Waals surface area contributed by atoms with Gasteiger partial charge in [-0.2, -0.15) is 0 Å². The molecular formula is C22H25ClFN3O5. The number of hydrogen-bond acceptors (Lipinski definition) is 5. The molecule has 2 aromatic rings. The summed E-state index contributed by atoms with van der Waals surface area (Å²) in [7, 11) is 2.62. The maximum absolute atomic E-state index is 14.1. The number of benzene rings is 2. The molecule has 0 aliphatic heterocycles. The Labute approximate surface area is 190 Å². The van der Waals surface area contributed by atoms with Crippen molar-refractivity contribution in [3.8, 4) is 5.75 Å². The van der Waals surface area contributed by atoms with Crippen molar-refractivity contribution < 1.29 is 28.2 Å². The van der Waals surface area contributed by atoms with Crippen molar-refractivity contribution in [3.63, 3.8) is 0 Å². The molecule has 172 valence electrons. The first-order valence-electron chi connectivity index (χ1n) is 9.74. The second-order valence-electron chi connectivity index (χ2n) is 7.30. The molecule has 8 nitrogen and oxygen atoms in total. The summed E-state index contributed by atoms with van der Waals surface area (Å²) in [6.07, 6.45) is -0.338. The summed E-state index contributed by atoms with van der Waals surface area (Å²) in [6.45, 7) is 3.83. The number of anilines is 2. The van der Waals surface area contributed by atoms with Crippen LogP contribution in [0.25, 0.3) is 0 Å². The van der Waals surface area contributed by atoms with E-state index >= 15 is 0 Å². The molecule has 0 aliphatic carbocycles. The first-order chi connectivity index (χ1) is 15.1. The molecule has 2 rings (SSSR count). The third-order valence-electron chi connectivity index (χ3n) is 4.39. The van der Waals surface area contributed by atoms with Crippen molar-refractivity contribution in [2.75, 3.05) is 24.9 Å². The van der Waals surface area contributed by atoms with Gasteiger partial charge in [0.2, 0.25) is 5.91 Å². The molecular weight excluding hydrogens is 441 g/mol. The number of amides is 3. The number of hydrogen-bond donors (Lipinski definition) is 3. The largest absolute Gasteiger partial charge is 0.495 e. The van der Waals surface area contributed by atoms with Crippen molar-refractivity contribution in [1.82, 2.24) is 5.32 Å². The van der Waals surface area contributed by atoms with Crippen LogP contribution in [0.1, 0.15) is 30.6 Å². The van der Waals surface area contributed by atoms with Gasteiger partial charge in [0.15, 0.2) is 0 Å². The van der Waals surface area contributed by atoms with E-state index in [9.17, 15) is 18.8 Å². The highest BCUT2D eigenvalue weighted by Crippen LogP contribution is 2.29. The van der Waals surface area contributed by atoms with Crippen LogP contribution in [0.15, 0.2) is 36.4 Å². The molecule has 0 fully saturated rings. The van der Waals surface area contributed by atoms with Crippen LogP contribution in [0, 0.1) is 11.7 Å². The fraction of sp³-hybridized carbons (Fsp3) is 0.318. The highest BCUT2D eigenvalue weighted by molar-refractivity contribution is 6.30. The number of nitrogens with one attached hydrogen (secondary N) is 3. The first-order valence-corrected chi connectivity index (χ1v) is 10.1. The van der Waals surface area contributed by atoms with Gasteiger partial charge in [0.05, 0.1) is 25.5 Å². The number of carbonyl (C=O) groups is 3. The average molecular weight is 466 g/mol. The Morgan fingerprint density at radius 2 is 1.78 bits per heavy atom. The number of alkyl carbamates (subject to hydrolysis) is 1. The maximum Gasteiger partial charge on any atom is 0.407 e. The average Bonchev–Trinajstić information content (AvgIpc) is 2.72. The van der Waals surface area contributed by atoms with Gasteiger partial charge in [-0.3, -0.25) is 9.59 Å². The van der Waals surface area contributed by atoms with E-state index < -0.39 is 29.8 Å². The number of carbonyl (C=O) groups excluding carboxylic acids is 3. The van der Waals surface area contributed by atoms with E-state index in [0.29, 0.717) is 17.9 Å². The Morgan fingerprint density at radius 3 is 2.38 bits per heavy atom. The molecule has 32 heavy (non-hydrogen) atoms. The van der Waals surface area contributed by atoms with Crippen LogP contribution in [0.5, 0.6) is 5.75 Å². The highest BCUT2D eigenvalue weighted by Gasteiger charge is 2.23. The molecule has 0 heterocycles. The zero-order chi connectivity index (χ0) is 23.8. The lowest BCUT2D eigenvalue weighted by Gasteiger charge is -2.20. The summed E-state index contributed by atoms with van der Waals surface area (Å²) in [6, 6.07) is 7.44. The van der Waals surface area contributed by atoms with Gasteiger partial charge in [-0.15, -0.1) is 0 Å². The predicted octanol–water partition coefficient (Wildman–Crippen LogP) is 4.45. The molecule has 2 aromatic carbocycles. The minimum Gasteiger partial charge on any atom is -0.495 e. The number of rotatable bonds is 8. The molecule has 0 aliphatic rings. The standard InChI is InChI=1S/C22H25ClFN3O5/c1-12(2)9-18(27-22(30)32-4)21(29)25-14-6-8-19(31-3)17(11-14)26-20(28)15-7-5-13(23)10-16(15)24/h5-8,10-12,18H,9H2,1-4H3,(H,25,29)(H,26,28)(H,27,30). The van der Waals surface area contributed by atoms with Crippen LogP contribution in [0.2, 0.25) is 5.02 Å². The van der Waals surface area contributed by atoms with E-state index in [2.05, 4.69) is 20.7 Å². The van der Waals surface area contributed by atoms with Crippen LogP contribution in [0.3, 0.4) is 0 Å². The maximum atomic E-state index is 14.1. The van der Waals surface area contributed by atoms with Gasteiger partial charge in [0.25, 0.3) is 5.91 Å². The molecule has 10 heteroatoms. The Morgan fingerprint density at radius 1 is 1.06 bits per heavy atom. The van der Waals surface area contributed by atoms with Crippen LogP contribution < -0.4 is 20.7 Å². The molecule has 0 spiro atoms. The molecule has 3 amide bonds. The molecule has 0 aromatic heterocycles. The highest BCUT2D eigenvalue weighted by atomic mass is 35.5. The van der Waals surface area contributed by atoms with Crippen LogP contribution in [-0.2, 0) is 9.53 Å². The summed E-state index contributed by atoms with van der Waals surface area (Å²) in [5.41, 5.74) is 0.347. The van der Waals surface area contributed by atoms with Gasteiger partial charge in [-0.05, 0) is 48.7 Å². The van der Waals surface area contributed by atoms with Gasteiger partial charge < -0.3 is 25.4 Å². The van der Waals surface area contributed by atoms with E-state index in [1.54, 1.807) is 6.07 Å². The Bertz CT molecular complexity index is 1000. The van der Waals surface area contributed by atoms with Crippen molar-refractivity contribution in [2.45, 2.75) is 26.3 Å². The zero-order valence-electron chi connectivity index (χ0n) is 18.1. The third kappa shape index (κ3) is 6.84. The van der Waals surface area contributed by atoms with Crippen LogP contribution >= 0.6 is 11.6 Å². The third-order valence-corrected chi connectivity index (χ3v) is 4.63. The normalized spacial score (nSPS) is 11.5. The summed E-state index contributed by atoms with van der Waals surface area (Å²) in [5.74, 6) is -1.52. The van der Waals surface area contributed by atoms with Crippen molar-refractivity contribution >= 4 is 40.9 Å².